The second-order valence-electron chi connectivity index (χ2n) is 6.14. The fraction of sp³-hybridized carbons (Fsp3) is 0.562. The molecule has 2 aliphatic carbocycles. The monoisotopic (exact) mass is 309 g/mol. The summed E-state index contributed by atoms with van der Waals surface area (Å²) >= 11 is 6.02. The van der Waals surface area contributed by atoms with Crippen molar-refractivity contribution < 1.29 is 15.0 Å². The van der Waals surface area contributed by atoms with Crippen molar-refractivity contribution in [3.63, 3.8) is 0 Å². The van der Waals surface area contributed by atoms with Crippen LogP contribution in [0.3, 0.4) is 0 Å². The molecule has 0 aliphatic heterocycles. The van der Waals surface area contributed by atoms with Gasteiger partial charge in [-0.05, 0) is 37.2 Å². The number of aliphatic hydroxyl groups is 2. The van der Waals surface area contributed by atoms with Gasteiger partial charge in [0.1, 0.15) is 0 Å². The molecule has 0 spiro atoms. The minimum absolute atomic E-state index is 0.0293. The zero-order valence-corrected chi connectivity index (χ0v) is 12.5. The lowest BCUT2D eigenvalue weighted by Crippen LogP contribution is -2.46. The normalized spacial score (nSPS) is 32.1. The summed E-state index contributed by atoms with van der Waals surface area (Å²) in [7, 11) is 0. The quantitative estimate of drug-likeness (QED) is 0.795. The van der Waals surface area contributed by atoms with Gasteiger partial charge < -0.3 is 15.5 Å². The van der Waals surface area contributed by atoms with Gasteiger partial charge in [-0.2, -0.15) is 0 Å². The van der Waals surface area contributed by atoms with E-state index in [0.29, 0.717) is 22.4 Å². The van der Waals surface area contributed by atoms with E-state index >= 15 is 0 Å². The second-order valence-corrected chi connectivity index (χ2v) is 6.55. The molecule has 2 aliphatic rings. The fourth-order valence-electron chi connectivity index (χ4n) is 3.98. The molecule has 1 aromatic rings. The van der Waals surface area contributed by atoms with Gasteiger partial charge in [-0.15, -0.1) is 0 Å². The van der Waals surface area contributed by atoms with Crippen LogP contribution in [0.5, 0.6) is 0 Å². The number of fused-ring (bicyclic) bond motifs is 2. The van der Waals surface area contributed by atoms with Crippen LogP contribution in [0.4, 0.5) is 0 Å². The standard InChI is InChI=1S/C16H20ClNO3/c17-13-4-2-1-3-11(13)15(20)16(21)18-14-10-6-5-9(7-10)12(14)8-19/h1-4,9-10,12,14-15,19-20H,5-8H2,(H,18,21)/t9-,10-,12-,14-,15+/m0/s1. The maximum atomic E-state index is 12.3. The summed E-state index contributed by atoms with van der Waals surface area (Å²) in [5, 5.41) is 23.0. The first-order valence-corrected chi connectivity index (χ1v) is 7.83. The van der Waals surface area contributed by atoms with E-state index in [1.165, 1.54) is 0 Å². The molecule has 5 heteroatoms. The summed E-state index contributed by atoms with van der Waals surface area (Å²) in [5.74, 6) is 0.613. The highest BCUT2D eigenvalue weighted by Gasteiger charge is 2.48. The molecular weight excluding hydrogens is 290 g/mol. The number of carbonyl (C=O) groups excluding carboxylic acids is 1. The molecule has 1 amide bonds. The topological polar surface area (TPSA) is 69.6 Å². The molecular formula is C16H20ClNO3. The maximum Gasteiger partial charge on any atom is 0.253 e. The average Bonchev–Trinajstić information content (AvgIpc) is 3.08. The number of aliphatic hydroxyl groups excluding tert-OH is 2. The number of amides is 1. The molecule has 0 unspecified atom stereocenters. The van der Waals surface area contributed by atoms with E-state index in [0.717, 1.165) is 19.3 Å². The molecule has 114 valence electrons. The molecule has 0 heterocycles. The van der Waals surface area contributed by atoms with Gasteiger partial charge in [0.2, 0.25) is 0 Å². The minimum atomic E-state index is -1.27. The van der Waals surface area contributed by atoms with Crippen LogP contribution < -0.4 is 5.32 Å². The van der Waals surface area contributed by atoms with E-state index in [9.17, 15) is 15.0 Å². The third-order valence-corrected chi connectivity index (χ3v) is 5.40. The van der Waals surface area contributed by atoms with E-state index in [1.54, 1.807) is 24.3 Å². The summed E-state index contributed by atoms with van der Waals surface area (Å²) in [4.78, 5) is 12.3. The van der Waals surface area contributed by atoms with Crippen molar-refractivity contribution in [2.45, 2.75) is 31.4 Å². The summed E-state index contributed by atoms with van der Waals surface area (Å²) < 4.78 is 0. The molecule has 2 fully saturated rings. The second kappa shape index (κ2) is 5.95. The first-order chi connectivity index (χ1) is 10.1. The number of rotatable bonds is 4. The predicted molar refractivity (Wildman–Crippen MR) is 79.7 cm³/mol. The Balaban J connectivity index is 1.70. The van der Waals surface area contributed by atoms with Gasteiger partial charge in [0.05, 0.1) is 0 Å². The Labute approximate surface area is 129 Å². The molecule has 2 saturated carbocycles. The van der Waals surface area contributed by atoms with Crippen LogP contribution in [0, 0.1) is 17.8 Å². The average molecular weight is 310 g/mol. The van der Waals surface area contributed by atoms with E-state index in [-0.39, 0.29) is 18.6 Å². The third kappa shape index (κ3) is 2.68. The SMILES string of the molecule is O=C(N[C@H]1[C@H]2CC[C@@H](C2)[C@@H]1CO)[C@H](O)c1ccccc1Cl. The van der Waals surface area contributed by atoms with Crippen molar-refractivity contribution in [3.8, 4) is 0 Å². The molecule has 0 saturated heterocycles. The van der Waals surface area contributed by atoms with Crippen LogP contribution in [0.25, 0.3) is 0 Å². The van der Waals surface area contributed by atoms with E-state index in [2.05, 4.69) is 5.32 Å². The predicted octanol–water partition coefficient (Wildman–Crippen LogP) is 1.90. The summed E-state index contributed by atoms with van der Waals surface area (Å²) in [6, 6.07) is 6.77. The Morgan fingerprint density at radius 1 is 1.33 bits per heavy atom. The highest BCUT2D eigenvalue weighted by Crippen LogP contribution is 2.48. The Bertz CT molecular complexity index is 536. The van der Waals surface area contributed by atoms with Crippen molar-refractivity contribution in [1.82, 2.24) is 5.32 Å². The van der Waals surface area contributed by atoms with Crippen LogP contribution in [0.2, 0.25) is 5.02 Å². The van der Waals surface area contributed by atoms with Crippen molar-refractivity contribution in [3.05, 3.63) is 34.9 Å². The van der Waals surface area contributed by atoms with Crippen LogP contribution in [0.15, 0.2) is 24.3 Å². The highest BCUT2D eigenvalue weighted by molar-refractivity contribution is 6.31. The van der Waals surface area contributed by atoms with Gasteiger partial charge in [-0.3, -0.25) is 4.79 Å². The molecule has 4 nitrogen and oxygen atoms in total. The number of nitrogens with one attached hydrogen (secondary N) is 1. The largest absolute Gasteiger partial charge is 0.396 e. The lowest BCUT2D eigenvalue weighted by molar-refractivity contribution is -0.131. The van der Waals surface area contributed by atoms with Crippen molar-refractivity contribution in [1.29, 1.82) is 0 Å². The zero-order valence-electron chi connectivity index (χ0n) is 11.7. The van der Waals surface area contributed by atoms with Gasteiger partial charge in [-0.25, -0.2) is 0 Å². The molecule has 21 heavy (non-hydrogen) atoms. The summed E-state index contributed by atoms with van der Waals surface area (Å²) in [6.07, 6.45) is 2.03. The molecule has 3 rings (SSSR count). The van der Waals surface area contributed by atoms with Crippen molar-refractivity contribution in [2.75, 3.05) is 6.61 Å². The Morgan fingerprint density at radius 2 is 2.05 bits per heavy atom. The lowest BCUT2D eigenvalue weighted by Gasteiger charge is -2.31. The number of carbonyl (C=O) groups is 1. The Hall–Kier alpha value is -1.10. The molecule has 3 N–H and O–H groups in total. The van der Waals surface area contributed by atoms with Crippen LogP contribution in [-0.2, 0) is 4.79 Å². The van der Waals surface area contributed by atoms with Crippen molar-refractivity contribution in [2.24, 2.45) is 17.8 Å². The first-order valence-electron chi connectivity index (χ1n) is 7.45. The van der Waals surface area contributed by atoms with Gasteiger partial charge in [0.25, 0.3) is 5.91 Å². The molecule has 1 aromatic carbocycles. The number of halogens is 1. The Morgan fingerprint density at radius 3 is 2.76 bits per heavy atom. The van der Waals surface area contributed by atoms with Crippen LogP contribution in [0.1, 0.15) is 30.9 Å². The summed E-state index contributed by atoms with van der Waals surface area (Å²) in [6.45, 7) is 0.0916. The molecule has 0 radical (unpaired) electrons. The molecule has 0 aromatic heterocycles. The number of hydrogen-bond donors (Lipinski definition) is 3. The zero-order chi connectivity index (χ0) is 15.0. The lowest BCUT2D eigenvalue weighted by atomic mass is 9.85. The van der Waals surface area contributed by atoms with Gasteiger partial charge in [0.15, 0.2) is 6.10 Å². The van der Waals surface area contributed by atoms with Crippen molar-refractivity contribution >= 4 is 17.5 Å². The Kier molecular flexibility index (Phi) is 4.20. The van der Waals surface area contributed by atoms with Gasteiger partial charge >= 0.3 is 0 Å². The maximum absolute atomic E-state index is 12.3. The molecule has 5 atom stereocenters. The summed E-state index contributed by atoms with van der Waals surface area (Å²) in [5.41, 5.74) is 0.417. The van der Waals surface area contributed by atoms with Crippen LogP contribution in [-0.4, -0.2) is 28.8 Å². The number of hydrogen-bond acceptors (Lipinski definition) is 3. The molecule has 2 bridgehead atoms. The smallest absolute Gasteiger partial charge is 0.253 e. The number of benzene rings is 1. The minimum Gasteiger partial charge on any atom is -0.396 e. The van der Waals surface area contributed by atoms with E-state index in [4.69, 9.17) is 11.6 Å². The van der Waals surface area contributed by atoms with E-state index in [1.807, 2.05) is 0 Å². The first kappa shape index (κ1) is 14.8. The van der Waals surface area contributed by atoms with E-state index < -0.39 is 12.0 Å². The van der Waals surface area contributed by atoms with Gasteiger partial charge in [-0.1, -0.05) is 29.8 Å². The van der Waals surface area contributed by atoms with Gasteiger partial charge in [0, 0.05) is 29.2 Å². The fourth-order valence-corrected chi connectivity index (χ4v) is 4.22. The third-order valence-electron chi connectivity index (χ3n) is 5.06. The van der Waals surface area contributed by atoms with Crippen LogP contribution >= 0.6 is 11.6 Å². The highest BCUT2D eigenvalue weighted by atomic mass is 35.5.